The third kappa shape index (κ3) is 4.75. The van der Waals surface area contributed by atoms with Gasteiger partial charge >= 0.3 is 0 Å². The van der Waals surface area contributed by atoms with E-state index in [4.69, 9.17) is 4.42 Å². The summed E-state index contributed by atoms with van der Waals surface area (Å²) in [6.45, 7) is 3.13. The van der Waals surface area contributed by atoms with Crippen molar-refractivity contribution in [2.75, 3.05) is 18.4 Å². The molecule has 1 aromatic heterocycles. The predicted octanol–water partition coefficient (Wildman–Crippen LogP) is 2.91. The summed E-state index contributed by atoms with van der Waals surface area (Å²) in [7, 11) is 0. The fourth-order valence-corrected chi connectivity index (χ4v) is 3.29. The normalized spacial score (nSPS) is 16.5. The van der Waals surface area contributed by atoms with Crippen molar-refractivity contribution in [3.63, 3.8) is 0 Å². The second-order valence-electron chi connectivity index (χ2n) is 6.87. The molecule has 3 rings (SSSR count). The summed E-state index contributed by atoms with van der Waals surface area (Å²) in [5.41, 5.74) is -0.438. The van der Waals surface area contributed by atoms with Crippen LogP contribution in [0.4, 0.5) is 14.5 Å². The van der Waals surface area contributed by atoms with E-state index >= 15 is 0 Å². The van der Waals surface area contributed by atoms with Gasteiger partial charge in [0, 0.05) is 5.92 Å². The van der Waals surface area contributed by atoms with Gasteiger partial charge in [-0.2, -0.15) is 0 Å². The summed E-state index contributed by atoms with van der Waals surface area (Å²) in [5.74, 6) is -1.59. The van der Waals surface area contributed by atoms with E-state index in [1.807, 2.05) is 4.90 Å². The Labute approximate surface area is 161 Å². The lowest BCUT2D eigenvalue weighted by atomic mass is 9.95. The third-order valence-electron chi connectivity index (χ3n) is 5.06. The first-order valence-corrected chi connectivity index (χ1v) is 9.24. The van der Waals surface area contributed by atoms with Gasteiger partial charge in [0.15, 0.2) is 0 Å². The van der Waals surface area contributed by atoms with Crippen LogP contribution < -0.4 is 10.6 Å². The summed E-state index contributed by atoms with van der Waals surface area (Å²) in [5, 5.41) is 5.18. The zero-order valence-electron chi connectivity index (χ0n) is 15.6. The Morgan fingerprint density at radius 2 is 1.86 bits per heavy atom. The number of carbonyl (C=O) groups excluding carboxylic acids is 2. The molecule has 2 heterocycles. The average molecular weight is 391 g/mol. The first kappa shape index (κ1) is 20.0. The van der Waals surface area contributed by atoms with Gasteiger partial charge in [-0.1, -0.05) is 6.07 Å². The number of halogens is 2. The van der Waals surface area contributed by atoms with Gasteiger partial charge in [-0.25, -0.2) is 8.78 Å². The smallest absolute Gasteiger partial charge is 0.241 e. The number of piperidine rings is 1. The molecule has 1 fully saturated rings. The van der Waals surface area contributed by atoms with Gasteiger partial charge in [0.1, 0.15) is 23.1 Å². The van der Waals surface area contributed by atoms with Gasteiger partial charge in [0.05, 0.1) is 18.8 Å². The number of anilines is 1. The van der Waals surface area contributed by atoms with E-state index in [-0.39, 0.29) is 11.8 Å². The number of furan rings is 1. The molecule has 0 aliphatic carbocycles. The summed E-state index contributed by atoms with van der Waals surface area (Å²) in [6, 6.07) is 6.42. The first-order valence-electron chi connectivity index (χ1n) is 9.24. The first-order chi connectivity index (χ1) is 13.5. The fraction of sp³-hybridized carbons (Fsp3) is 0.400. The molecule has 6 nitrogen and oxygen atoms in total. The van der Waals surface area contributed by atoms with Crippen LogP contribution in [-0.4, -0.2) is 35.8 Å². The monoisotopic (exact) mass is 391 g/mol. The van der Waals surface area contributed by atoms with Gasteiger partial charge in [-0.15, -0.1) is 0 Å². The minimum atomic E-state index is -0.813. The van der Waals surface area contributed by atoms with E-state index < -0.39 is 29.3 Å². The number of carbonyl (C=O) groups is 2. The molecule has 0 saturated carbocycles. The van der Waals surface area contributed by atoms with Crippen molar-refractivity contribution < 1.29 is 22.8 Å². The van der Waals surface area contributed by atoms with E-state index in [0.29, 0.717) is 38.2 Å². The molecule has 0 radical (unpaired) electrons. The highest BCUT2D eigenvalue weighted by atomic mass is 19.1. The van der Waals surface area contributed by atoms with Crippen LogP contribution in [0.1, 0.15) is 25.5 Å². The van der Waals surface area contributed by atoms with Crippen LogP contribution in [0.3, 0.4) is 0 Å². The minimum Gasteiger partial charge on any atom is -0.467 e. The predicted molar refractivity (Wildman–Crippen MR) is 99.3 cm³/mol. The molecule has 0 spiro atoms. The number of amides is 2. The summed E-state index contributed by atoms with van der Waals surface area (Å²) in [6.07, 6.45) is 2.77. The summed E-state index contributed by atoms with van der Waals surface area (Å²) < 4.78 is 32.6. The van der Waals surface area contributed by atoms with Crippen molar-refractivity contribution in [1.82, 2.24) is 10.2 Å². The average Bonchev–Trinajstić information content (AvgIpc) is 3.22. The molecule has 1 aromatic carbocycles. The maximum atomic E-state index is 13.7. The highest BCUT2D eigenvalue weighted by Gasteiger charge is 2.30. The number of hydrogen-bond donors (Lipinski definition) is 2. The minimum absolute atomic E-state index is 0.0402. The van der Waals surface area contributed by atoms with E-state index in [1.165, 1.54) is 6.07 Å². The number of benzene rings is 1. The van der Waals surface area contributed by atoms with Crippen LogP contribution in [0.2, 0.25) is 0 Å². The largest absolute Gasteiger partial charge is 0.467 e. The van der Waals surface area contributed by atoms with Gasteiger partial charge in [0.25, 0.3) is 0 Å². The van der Waals surface area contributed by atoms with Crippen molar-refractivity contribution in [3.05, 3.63) is 54.0 Å². The van der Waals surface area contributed by atoms with Crippen molar-refractivity contribution in [2.24, 2.45) is 5.92 Å². The molecular weight excluding hydrogens is 368 g/mol. The second kappa shape index (κ2) is 8.97. The van der Waals surface area contributed by atoms with Gasteiger partial charge in [-0.05, 0) is 57.1 Å². The molecule has 0 bridgehead atoms. The molecule has 1 unspecified atom stereocenters. The van der Waals surface area contributed by atoms with Crippen LogP contribution in [-0.2, 0) is 16.1 Å². The Morgan fingerprint density at radius 1 is 1.18 bits per heavy atom. The molecule has 1 saturated heterocycles. The molecule has 2 N–H and O–H groups in total. The Balaban J connectivity index is 1.48. The maximum absolute atomic E-state index is 13.7. The third-order valence-corrected chi connectivity index (χ3v) is 5.06. The van der Waals surface area contributed by atoms with Crippen LogP contribution in [0.5, 0.6) is 0 Å². The van der Waals surface area contributed by atoms with Crippen molar-refractivity contribution >= 4 is 17.5 Å². The Hall–Kier alpha value is -2.74. The van der Waals surface area contributed by atoms with E-state index in [0.717, 1.165) is 12.1 Å². The van der Waals surface area contributed by atoms with E-state index in [9.17, 15) is 18.4 Å². The molecule has 1 aliphatic heterocycles. The second-order valence-corrected chi connectivity index (χ2v) is 6.87. The van der Waals surface area contributed by atoms with Crippen molar-refractivity contribution in [1.29, 1.82) is 0 Å². The van der Waals surface area contributed by atoms with Crippen LogP contribution in [0, 0.1) is 17.6 Å². The zero-order valence-corrected chi connectivity index (χ0v) is 15.6. The number of rotatable bonds is 6. The van der Waals surface area contributed by atoms with Crippen LogP contribution >= 0.6 is 0 Å². The van der Waals surface area contributed by atoms with E-state index in [2.05, 4.69) is 10.6 Å². The Bertz CT molecular complexity index is 798. The highest BCUT2D eigenvalue weighted by Crippen LogP contribution is 2.22. The number of likely N-dealkylation sites (tertiary alicyclic amines) is 1. The molecule has 2 amide bonds. The SMILES string of the molecule is CC(C(=O)Nc1c(F)cccc1F)N1CCC(C(=O)NCc2ccco2)CC1. The maximum Gasteiger partial charge on any atom is 0.241 e. The quantitative estimate of drug-likeness (QED) is 0.794. The molecule has 1 aliphatic rings. The zero-order chi connectivity index (χ0) is 20.1. The number of nitrogens with zero attached hydrogens (tertiary/aromatic N) is 1. The lowest BCUT2D eigenvalue weighted by molar-refractivity contribution is -0.127. The summed E-state index contributed by atoms with van der Waals surface area (Å²) in [4.78, 5) is 26.6. The van der Waals surface area contributed by atoms with Gasteiger partial charge in [0.2, 0.25) is 11.8 Å². The standard InChI is InChI=1S/C20H23F2N3O3/c1-13(19(26)24-18-16(21)5-2-6-17(18)22)25-9-7-14(8-10-25)20(27)23-12-15-4-3-11-28-15/h2-6,11,13-14H,7-10,12H2,1H3,(H,23,27)(H,24,26). The Kier molecular flexibility index (Phi) is 6.41. The van der Waals surface area contributed by atoms with Crippen molar-refractivity contribution in [3.8, 4) is 0 Å². The van der Waals surface area contributed by atoms with E-state index in [1.54, 1.807) is 25.3 Å². The van der Waals surface area contributed by atoms with Crippen LogP contribution in [0.25, 0.3) is 0 Å². The van der Waals surface area contributed by atoms with Crippen molar-refractivity contribution in [2.45, 2.75) is 32.4 Å². The fourth-order valence-electron chi connectivity index (χ4n) is 3.29. The molecule has 150 valence electrons. The number of hydrogen-bond acceptors (Lipinski definition) is 4. The molecular formula is C20H23F2N3O3. The molecule has 2 aromatic rings. The summed E-state index contributed by atoms with van der Waals surface area (Å²) >= 11 is 0. The molecule has 28 heavy (non-hydrogen) atoms. The molecule has 8 heteroatoms. The topological polar surface area (TPSA) is 74.6 Å². The van der Waals surface area contributed by atoms with Gasteiger partial charge in [-0.3, -0.25) is 14.5 Å². The Morgan fingerprint density at radius 3 is 2.46 bits per heavy atom. The molecule has 1 atom stereocenters. The number of nitrogens with one attached hydrogen (secondary N) is 2. The van der Waals surface area contributed by atoms with Crippen LogP contribution in [0.15, 0.2) is 41.0 Å². The van der Waals surface area contributed by atoms with Gasteiger partial charge < -0.3 is 15.1 Å². The number of para-hydroxylation sites is 1. The lowest BCUT2D eigenvalue weighted by Gasteiger charge is -2.34. The lowest BCUT2D eigenvalue weighted by Crippen LogP contribution is -2.48. The highest BCUT2D eigenvalue weighted by molar-refractivity contribution is 5.94.